The van der Waals surface area contributed by atoms with E-state index in [9.17, 15) is 9.59 Å². The molecule has 0 aromatic carbocycles. The molecule has 132 valence electrons. The lowest BCUT2D eigenvalue weighted by molar-refractivity contribution is -0.167. The molecule has 2 aliphatic rings. The van der Waals surface area contributed by atoms with Gasteiger partial charge in [0.05, 0.1) is 17.8 Å². The van der Waals surface area contributed by atoms with Crippen LogP contribution in [0.15, 0.2) is 5.38 Å². The second-order valence-electron chi connectivity index (χ2n) is 6.45. The number of piperidine rings is 1. The molecule has 0 unspecified atom stereocenters. The fourth-order valence-corrected chi connectivity index (χ4v) is 3.98. The van der Waals surface area contributed by atoms with Crippen LogP contribution in [0.25, 0.3) is 0 Å². The molecule has 2 saturated heterocycles. The minimum atomic E-state index is -0.287. The first-order valence-corrected chi connectivity index (χ1v) is 9.23. The highest BCUT2D eigenvalue weighted by atomic mass is 32.1. The van der Waals surface area contributed by atoms with Crippen molar-refractivity contribution < 1.29 is 14.3 Å². The van der Waals surface area contributed by atoms with E-state index in [2.05, 4.69) is 17.2 Å². The van der Waals surface area contributed by atoms with Gasteiger partial charge >= 0.3 is 6.03 Å². The molecule has 0 saturated carbocycles. The molecule has 0 bridgehead atoms. The van der Waals surface area contributed by atoms with Crippen molar-refractivity contribution in [2.24, 2.45) is 0 Å². The fraction of sp³-hybridized carbons (Fsp3) is 0.688. The van der Waals surface area contributed by atoms with Crippen LogP contribution in [0.2, 0.25) is 0 Å². The van der Waals surface area contributed by atoms with Gasteiger partial charge in [0, 0.05) is 32.1 Å². The van der Waals surface area contributed by atoms with Crippen LogP contribution in [0, 0.1) is 0 Å². The highest BCUT2D eigenvalue weighted by Gasteiger charge is 2.41. The molecule has 24 heavy (non-hydrogen) atoms. The highest BCUT2D eigenvalue weighted by molar-refractivity contribution is 7.09. The summed E-state index contributed by atoms with van der Waals surface area (Å²) >= 11 is 1.58. The number of rotatable bonds is 3. The summed E-state index contributed by atoms with van der Waals surface area (Å²) in [7, 11) is 1.81. The Morgan fingerprint density at radius 3 is 2.83 bits per heavy atom. The summed E-state index contributed by atoms with van der Waals surface area (Å²) in [4.78, 5) is 31.9. The second kappa shape index (κ2) is 7.06. The SMILES string of the molecule is CCc1csc(CNC(=O)N2CCC3(CC2)CN(C)C(=O)CO3)n1. The zero-order valence-corrected chi connectivity index (χ0v) is 15.0. The van der Waals surface area contributed by atoms with E-state index >= 15 is 0 Å². The van der Waals surface area contributed by atoms with E-state index < -0.39 is 0 Å². The highest BCUT2D eigenvalue weighted by Crippen LogP contribution is 2.30. The molecule has 7 nitrogen and oxygen atoms in total. The second-order valence-corrected chi connectivity index (χ2v) is 7.40. The third-order valence-corrected chi connectivity index (χ3v) is 5.66. The monoisotopic (exact) mass is 352 g/mol. The lowest BCUT2D eigenvalue weighted by Gasteiger charge is -2.46. The molecule has 2 aliphatic heterocycles. The topological polar surface area (TPSA) is 74.8 Å². The van der Waals surface area contributed by atoms with Gasteiger partial charge in [0.2, 0.25) is 5.91 Å². The fourth-order valence-electron chi connectivity index (χ4n) is 3.17. The summed E-state index contributed by atoms with van der Waals surface area (Å²) in [5.41, 5.74) is 0.780. The van der Waals surface area contributed by atoms with Gasteiger partial charge in [-0.25, -0.2) is 9.78 Å². The maximum Gasteiger partial charge on any atom is 0.317 e. The minimum absolute atomic E-state index is 0.0238. The Morgan fingerprint density at radius 1 is 1.46 bits per heavy atom. The molecule has 2 fully saturated rings. The van der Waals surface area contributed by atoms with Crippen LogP contribution >= 0.6 is 11.3 Å². The average molecular weight is 352 g/mol. The number of morpholine rings is 1. The number of aromatic nitrogens is 1. The van der Waals surface area contributed by atoms with E-state index in [1.807, 2.05) is 17.3 Å². The normalized spacial score (nSPS) is 20.5. The zero-order valence-electron chi connectivity index (χ0n) is 14.2. The largest absolute Gasteiger partial charge is 0.363 e. The smallest absolute Gasteiger partial charge is 0.317 e. The number of hydrogen-bond donors (Lipinski definition) is 1. The summed E-state index contributed by atoms with van der Waals surface area (Å²) in [6.45, 7) is 4.59. The molecule has 8 heteroatoms. The number of nitrogens with zero attached hydrogens (tertiary/aromatic N) is 3. The standard InChI is InChI=1S/C16H24N4O3S/c1-3-12-10-24-13(18-12)8-17-15(22)20-6-4-16(5-7-20)11-19(2)14(21)9-23-16/h10H,3-9,11H2,1-2H3,(H,17,22). The van der Waals surface area contributed by atoms with Crippen molar-refractivity contribution in [2.75, 3.05) is 33.3 Å². The van der Waals surface area contributed by atoms with Crippen LogP contribution in [0.1, 0.15) is 30.5 Å². The number of amides is 3. The predicted octanol–water partition coefficient (Wildman–Crippen LogP) is 1.24. The Hall–Kier alpha value is -1.67. The Bertz CT molecular complexity index is 610. The first-order chi connectivity index (χ1) is 11.5. The number of likely N-dealkylation sites (tertiary alicyclic amines) is 1. The molecule has 3 rings (SSSR count). The van der Waals surface area contributed by atoms with Crippen LogP contribution in [-0.4, -0.2) is 65.6 Å². The van der Waals surface area contributed by atoms with Gasteiger partial charge in [0.25, 0.3) is 0 Å². The van der Waals surface area contributed by atoms with Gasteiger partial charge in [-0.3, -0.25) is 4.79 Å². The number of urea groups is 1. The van der Waals surface area contributed by atoms with E-state index in [1.165, 1.54) is 0 Å². The number of hydrogen-bond acceptors (Lipinski definition) is 5. The van der Waals surface area contributed by atoms with Gasteiger partial charge in [0.1, 0.15) is 11.6 Å². The van der Waals surface area contributed by atoms with Crippen molar-refractivity contribution in [1.29, 1.82) is 0 Å². The molecule has 1 aromatic rings. The van der Waals surface area contributed by atoms with Crippen LogP contribution in [0.5, 0.6) is 0 Å². The predicted molar refractivity (Wildman–Crippen MR) is 90.9 cm³/mol. The zero-order chi connectivity index (χ0) is 17.2. The molecule has 0 atom stereocenters. The molecule has 0 aliphatic carbocycles. The lowest BCUT2D eigenvalue weighted by Crippen LogP contribution is -2.59. The van der Waals surface area contributed by atoms with Gasteiger partial charge in [-0.05, 0) is 19.3 Å². The Morgan fingerprint density at radius 2 is 2.21 bits per heavy atom. The molecular weight excluding hydrogens is 328 g/mol. The van der Waals surface area contributed by atoms with Gasteiger partial charge in [-0.15, -0.1) is 11.3 Å². The summed E-state index contributed by atoms with van der Waals surface area (Å²) < 4.78 is 5.80. The van der Waals surface area contributed by atoms with Crippen molar-refractivity contribution in [2.45, 2.75) is 38.3 Å². The van der Waals surface area contributed by atoms with Gasteiger partial charge in [0.15, 0.2) is 0 Å². The lowest BCUT2D eigenvalue weighted by atomic mass is 9.89. The van der Waals surface area contributed by atoms with Crippen LogP contribution in [-0.2, 0) is 22.5 Å². The van der Waals surface area contributed by atoms with Crippen molar-refractivity contribution in [1.82, 2.24) is 20.1 Å². The Kier molecular flexibility index (Phi) is 5.05. The number of carbonyl (C=O) groups is 2. The summed E-state index contributed by atoms with van der Waals surface area (Å²) in [5, 5.41) is 5.91. The number of aryl methyl sites for hydroxylation is 1. The number of ether oxygens (including phenoxy) is 1. The first kappa shape index (κ1) is 17.2. The molecule has 3 heterocycles. The molecule has 1 N–H and O–H groups in total. The van der Waals surface area contributed by atoms with Gasteiger partial charge in [-0.1, -0.05) is 6.92 Å². The molecular formula is C16H24N4O3S. The van der Waals surface area contributed by atoms with E-state index in [0.29, 0.717) is 26.2 Å². The molecule has 1 aromatic heterocycles. The van der Waals surface area contributed by atoms with Gasteiger partial charge < -0.3 is 19.9 Å². The summed E-state index contributed by atoms with van der Waals surface area (Å²) in [5.74, 6) is 0.0238. The van der Waals surface area contributed by atoms with Crippen LogP contribution < -0.4 is 5.32 Å². The Balaban J connectivity index is 1.47. The van der Waals surface area contributed by atoms with E-state index in [-0.39, 0.29) is 24.1 Å². The summed E-state index contributed by atoms with van der Waals surface area (Å²) in [6.07, 6.45) is 2.43. The molecule has 0 radical (unpaired) electrons. The number of nitrogens with one attached hydrogen (secondary N) is 1. The van der Waals surface area contributed by atoms with Crippen molar-refractivity contribution in [3.8, 4) is 0 Å². The number of carbonyl (C=O) groups excluding carboxylic acids is 2. The maximum atomic E-state index is 12.3. The molecule has 3 amide bonds. The van der Waals surface area contributed by atoms with Crippen molar-refractivity contribution in [3.63, 3.8) is 0 Å². The van der Waals surface area contributed by atoms with Gasteiger partial charge in [-0.2, -0.15) is 0 Å². The number of thiazole rings is 1. The van der Waals surface area contributed by atoms with E-state index in [4.69, 9.17) is 4.74 Å². The summed E-state index contributed by atoms with van der Waals surface area (Å²) in [6, 6.07) is -0.0571. The van der Waals surface area contributed by atoms with Crippen molar-refractivity contribution in [3.05, 3.63) is 16.1 Å². The third-order valence-electron chi connectivity index (χ3n) is 4.77. The van der Waals surface area contributed by atoms with Crippen LogP contribution in [0.3, 0.4) is 0 Å². The average Bonchev–Trinajstić information content (AvgIpc) is 3.05. The third kappa shape index (κ3) is 3.70. The van der Waals surface area contributed by atoms with E-state index in [0.717, 1.165) is 30.0 Å². The van der Waals surface area contributed by atoms with Crippen molar-refractivity contribution >= 4 is 23.3 Å². The number of likely N-dealkylation sites (N-methyl/N-ethyl adjacent to an activating group) is 1. The minimum Gasteiger partial charge on any atom is -0.363 e. The maximum absolute atomic E-state index is 12.3. The first-order valence-electron chi connectivity index (χ1n) is 8.35. The Labute approximate surface area is 146 Å². The van der Waals surface area contributed by atoms with Crippen LogP contribution in [0.4, 0.5) is 4.79 Å². The molecule has 1 spiro atoms. The van der Waals surface area contributed by atoms with E-state index in [1.54, 1.807) is 16.2 Å². The quantitative estimate of drug-likeness (QED) is 0.888.